The highest BCUT2D eigenvalue weighted by Gasteiger charge is 2.37. The van der Waals surface area contributed by atoms with Gasteiger partial charge in [0.2, 0.25) is 5.91 Å². The predicted molar refractivity (Wildman–Crippen MR) is 146 cm³/mol. The van der Waals surface area contributed by atoms with E-state index in [-0.39, 0.29) is 24.3 Å². The van der Waals surface area contributed by atoms with Crippen LogP contribution in [0.25, 0.3) is 0 Å². The number of rotatable bonds is 7. The van der Waals surface area contributed by atoms with Gasteiger partial charge in [-0.2, -0.15) is 0 Å². The standard InChI is InChI=1S/C30H32ClN3O3/c31-25-14-12-23(13-15-25)19-33-18-6-9-24(20-33)30(36)34-21-28(37-27-11-5-4-10-26(27)34)29(35)32-17-16-22-7-2-1-3-8-22/h1-5,7-8,10-15,24,28H,6,9,16-21H2,(H,32,35). The summed E-state index contributed by atoms with van der Waals surface area (Å²) in [5.41, 5.74) is 3.08. The minimum atomic E-state index is -0.747. The number of anilines is 1. The summed E-state index contributed by atoms with van der Waals surface area (Å²) in [7, 11) is 0. The molecule has 6 nitrogen and oxygen atoms in total. The second-order valence-electron chi connectivity index (χ2n) is 9.75. The molecule has 2 amide bonds. The van der Waals surface area contributed by atoms with Crippen molar-refractivity contribution < 1.29 is 14.3 Å². The number of benzene rings is 3. The van der Waals surface area contributed by atoms with Crippen LogP contribution in [0.2, 0.25) is 5.02 Å². The van der Waals surface area contributed by atoms with E-state index >= 15 is 0 Å². The van der Waals surface area contributed by atoms with E-state index in [0.717, 1.165) is 48.6 Å². The maximum absolute atomic E-state index is 13.8. The van der Waals surface area contributed by atoms with Crippen LogP contribution in [-0.2, 0) is 22.6 Å². The van der Waals surface area contributed by atoms with Crippen LogP contribution in [0.4, 0.5) is 5.69 Å². The summed E-state index contributed by atoms with van der Waals surface area (Å²) >= 11 is 6.03. The number of para-hydroxylation sites is 2. The van der Waals surface area contributed by atoms with E-state index in [1.807, 2.05) is 78.9 Å². The monoisotopic (exact) mass is 517 g/mol. The van der Waals surface area contributed by atoms with Crippen LogP contribution in [0, 0.1) is 5.92 Å². The smallest absolute Gasteiger partial charge is 0.262 e. The molecule has 2 aliphatic rings. The molecule has 7 heteroatoms. The molecule has 2 atom stereocenters. The topological polar surface area (TPSA) is 61.9 Å². The van der Waals surface area contributed by atoms with Crippen LogP contribution in [0.1, 0.15) is 24.0 Å². The van der Waals surface area contributed by atoms with Crippen molar-refractivity contribution in [3.63, 3.8) is 0 Å². The quantitative estimate of drug-likeness (QED) is 0.493. The van der Waals surface area contributed by atoms with E-state index in [1.165, 1.54) is 5.56 Å². The summed E-state index contributed by atoms with van der Waals surface area (Å²) in [4.78, 5) is 30.9. The highest BCUT2D eigenvalue weighted by atomic mass is 35.5. The van der Waals surface area contributed by atoms with E-state index < -0.39 is 6.10 Å². The van der Waals surface area contributed by atoms with Gasteiger partial charge in [0.1, 0.15) is 5.75 Å². The number of carbonyl (C=O) groups excluding carboxylic acids is 2. The van der Waals surface area contributed by atoms with Crippen molar-refractivity contribution in [2.75, 3.05) is 31.1 Å². The number of nitrogens with zero attached hydrogens (tertiary/aromatic N) is 2. The van der Waals surface area contributed by atoms with Crippen molar-refractivity contribution in [1.82, 2.24) is 10.2 Å². The fourth-order valence-corrected chi connectivity index (χ4v) is 5.26. The van der Waals surface area contributed by atoms with Crippen molar-refractivity contribution in [3.8, 4) is 5.75 Å². The van der Waals surface area contributed by atoms with Crippen molar-refractivity contribution in [3.05, 3.63) is 95.0 Å². The lowest BCUT2D eigenvalue weighted by Gasteiger charge is -2.38. The van der Waals surface area contributed by atoms with Gasteiger partial charge in [-0.05, 0) is 61.2 Å². The molecule has 3 aromatic rings. The molecule has 1 saturated heterocycles. The maximum Gasteiger partial charge on any atom is 0.262 e. The maximum atomic E-state index is 13.8. The Bertz CT molecular complexity index is 1220. The lowest BCUT2D eigenvalue weighted by atomic mass is 9.95. The molecule has 1 N–H and O–H groups in total. The molecular weight excluding hydrogens is 486 g/mol. The zero-order chi connectivity index (χ0) is 25.6. The summed E-state index contributed by atoms with van der Waals surface area (Å²) < 4.78 is 6.05. The van der Waals surface area contributed by atoms with Crippen LogP contribution in [0.15, 0.2) is 78.9 Å². The third-order valence-electron chi connectivity index (χ3n) is 7.06. The molecule has 192 valence electrons. The Morgan fingerprint density at radius 3 is 2.49 bits per heavy atom. The molecule has 37 heavy (non-hydrogen) atoms. The lowest BCUT2D eigenvalue weighted by molar-refractivity contribution is -0.129. The number of likely N-dealkylation sites (tertiary alicyclic amines) is 1. The summed E-state index contributed by atoms with van der Waals surface area (Å²) in [5, 5.41) is 3.71. The first kappa shape index (κ1) is 25.3. The Hall–Kier alpha value is -3.35. The number of amides is 2. The van der Waals surface area contributed by atoms with E-state index in [4.69, 9.17) is 16.3 Å². The van der Waals surface area contributed by atoms with Gasteiger partial charge in [0.15, 0.2) is 6.10 Å². The number of carbonyl (C=O) groups is 2. The first-order chi connectivity index (χ1) is 18.1. The van der Waals surface area contributed by atoms with Gasteiger partial charge in [0.25, 0.3) is 5.91 Å². The highest BCUT2D eigenvalue weighted by molar-refractivity contribution is 6.30. The lowest BCUT2D eigenvalue weighted by Crippen LogP contribution is -2.53. The summed E-state index contributed by atoms with van der Waals surface area (Å²) in [5.74, 6) is 0.294. The van der Waals surface area contributed by atoms with Crippen LogP contribution in [-0.4, -0.2) is 49.0 Å². The molecule has 0 saturated carbocycles. The molecule has 1 fully saturated rings. The average molecular weight is 518 g/mol. The van der Waals surface area contributed by atoms with Gasteiger partial charge < -0.3 is 15.0 Å². The number of ether oxygens (including phenoxy) is 1. The Kier molecular flexibility index (Phi) is 8.07. The normalized spacial score (nSPS) is 19.5. The molecule has 5 rings (SSSR count). The molecule has 3 aromatic carbocycles. The third-order valence-corrected chi connectivity index (χ3v) is 7.31. The second kappa shape index (κ2) is 11.8. The highest BCUT2D eigenvalue weighted by Crippen LogP contribution is 2.35. The van der Waals surface area contributed by atoms with Crippen molar-refractivity contribution in [1.29, 1.82) is 0 Å². The van der Waals surface area contributed by atoms with Crippen LogP contribution >= 0.6 is 11.6 Å². The number of hydrogen-bond acceptors (Lipinski definition) is 4. The van der Waals surface area contributed by atoms with Gasteiger partial charge in [-0.15, -0.1) is 0 Å². The molecular formula is C30H32ClN3O3. The van der Waals surface area contributed by atoms with Crippen molar-refractivity contribution in [2.45, 2.75) is 31.9 Å². The molecule has 0 bridgehead atoms. The van der Waals surface area contributed by atoms with Gasteiger partial charge in [-0.25, -0.2) is 0 Å². The van der Waals surface area contributed by atoms with Gasteiger partial charge in [-0.1, -0.05) is 66.2 Å². The number of nitrogens with one attached hydrogen (secondary N) is 1. The first-order valence-electron chi connectivity index (χ1n) is 12.9. The van der Waals surface area contributed by atoms with E-state index in [9.17, 15) is 9.59 Å². The van der Waals surface area contributed by atoms with E-state index in [2.05, 4.69) is 10.2 Å². The predicted octanol–water partition coefficient (Wildman–Crippen LogP) is 4.71. The minimum Gasteiger partial charge on any atom is -0.477 e. The summed E-state index contributed by atoms with van der Waals surface area (Å²) in [6.07, 6.45) is 1.79. The zero-order valence-electron chi connectivity index (χ0n) is 20.8. The van der Waals surface area contributed by atoms with Crippen LogP contribution in [0.5, 0.6) is 5.75 Å². The second-order valence-corrected chi connectivity index (χ2v) is 10.2. The van der Waals surface area contributed by atoms with Crippen molar-refractivity contribution in [2.24, 2.45) is 5.92 Å². The summed E-state index contributed by atoms with van der Waals surface area (Å²) in [6, 6.07) is 25.4. The molecule has 0 aromatic heterocycles. The molecule has 0 aliphatic carbocycles. The minimum absolute atomic E-state index is 0.0543. The fraction of sp³-hybridized carbons (Fsp3) is 0.333. The Balaban J connectivity index is 1.24. The molecule has 0 spiro atoms. The molecule has 0 radical (unpaired) electrons. The molecule has 2 unspecified atom stereocenters. The molecule has 2 aliphatic heterocycles. The fourth-order valence-electron chi connectivity index (χ4n) is 5.14. The summed E-state index contributed by atoms with van der Waals surface area (Å²) in [6.45, 7) is 3.15. The van der Waals surface area contributed by atoms with Gasteiger partial charge in [0, 0.05) is 24.7 Å². The number of fused-ring (bicyclic) bond motifs is 1. The third kappa shape index (κ3) is 6.32. The number of hydrogen-bond donors (Lipinski definition) is 1. The Labute approximate surface area is 223 Å². The Morgan fingerprint density at radius 2 is 1.68 bits per heavy atom. The van der Waals surface area contributed by atoms with Gasteiger partial charge in [-0.3, -0.25) is 14.5 Å². The van der Waals surface area contributed by atoms with E-state index in [0.29, 0.717) is 18.8 Å². The molecule has 2 heterocycles. The zero-order valence-corrected chi connectivity index (χ0v) is 21.6. The number of piperidine rings is 1. The van der Waals surface area contributed by atoms with Gasteiger partial charge in [0.05, 0.1) is 18.2 Å². The van der Waals surface area contributed by atoms with Crippen LogP contribution in [0.3, 0.4) is 0 Å². The van der Waals surface area contributed by atoms with Crippen LogP contribution < -0.4 is 15.0 Å². The SMILES string of the molecule is O=C(NCCc1ccccc1)C1CN(C(=O)C2CCCN(Cc3ccc(Cl)cc3)C2)c2ccccc2O1. The van der Waals surface area contributed by atoms with E-state index in [1.54, 1.807) is 4.90 Å². The van der Waals surface area contributed by atoms with Crippen molar-refractivity contribution >= 4 is 29.1 Å². The first-order valence-corrected chi connectivity index (χ1v) is 13.3. The largest absolute Gasteiger partial charge is 0.477 e. The Morgan fingerprint density at radius 1 is 0.919 bits per heavy atom. The van der Waals surface area contributed by atoms with Gasteiger partial charge >= 0.3 is 0 Å². The average Bonchev–Trinajstić information content (AvgIpc) is 2.94. The number of halogens is 1.